The van der Waals surface area contributed by atoms with Crippen LogP contribution in [0.25, 0.3) is 11.2 Å². The van der Waals surface area contributed by atoms with Gasteiger partial charge in [0.15, 0.2) is 18.0 Å². The summed E-state index contributed by atoms with van der Waals surface area (Å²) in [6.07, 6.45) is -4.15. The maximum Gasteiger partial charge on any atom is 0.523 e. The summed E-state index contributed by atoms with van der Waals surface area (Å²) in [6, 6.07) is 55.7. The van der Waals surface area contributed by atoms with Crippen molar-refractivity contribution in [3.05, 3.63) is 228 Å². The molecule has 1 saturated heterocycles. The number of alkyl halides is 3. The van der Waals surface area contributed by atoms with Crippen molar-refractivity contribution in [1.29, 1.82) is 0 Å². The Labute approximate surface area is 367 Å². The number of nitrogens with zero attached hydrogens (tertiary/aromatic N) is 4. The maximum atomic E-state index is 14.6. The fourth-order valence-corrected chi connectivity index (χ4v) is 9.05. The maximum absolute atomic E-state index is 14.6. The molecule has 0 amide bonds. The van der Waals surface area contributed by atoms with Crippen LogP contribution in [0.2, 0.25) is 0 Å². The Kier molecular flexibility index (Phi) is 11.6. The molecule has 8 aromatic rings. The van der Waals surface area contributed by atoms with Crippen LogP contribution in [0.4, 0.5) is 19.1 Å². The Morgan fingerprint density at radius 1 is 0.594 bits per heavy atom. The molecular formula is C49H40F3N5O6S. The number of halogens is 3. The van der Waals surface area contributed by atoms with Gasteiger partial charge in [0, 0.05) is 0 Å². The van der Waals surface area contributed by atoms with E-state index in [1.54, 1.807) is 0 Å². The number of nitrogens with two attached hydrogens (primary N) is 1. The van der Waals surface area contributed by atoms with E-state index in [-0.39, 0.29) is 23.7 Å². The number of imidazole rings is 1. The third-order valence-corrected chi connectivity index (χ3v) is 12.3. The summed E-state index contributed by atoms with van der Waals surface area (Å²) in [6.45, 7) is -0.385. The summed E-state index contributed by atoms with van der Waals surface area (Å²) in [4.78, 5) is 12.7. The summed E-state index contributed by atoms with van der Waals surface area (Å²) < 4.78 is 98.7. The van der Waals surface area contributed by atoms with Gasteiger partial charge in [-0.1, -0.05) is 182 Å². The molecule has 1 aliphatic rings. The fourth-order valence-electron chi connectivity index (χ4n) is 8.44. The van der Waals surface area contributed by atoms with Gasteiger partial charge < -0.3 is 19.9 Å². The van der Waals surface area contributed by atoms with Crippen LogP contribution < -0.4 is 5.73 Å². The van der Waals surface area contributed by atoms with Gasteiger partial charge in [-0.15, -0.1) is 0 Å². The Morgan fingerprint density at radius 2 is 1.00 bits per heavy atom. The van der Waals surface area contributed by atoms with Crippen LogP contribution in [0.15, 0.2) is 195 Å². The van der Waals surface area contributed by atoms with Crippen molar-refractivity contribution in [2.75, 3.05) is 12.3 Å². The third-order valence-electron chi connectivity index (χ3n) is 11.3. The molecule has 15 heteroatoms. The number of anilines is 1. The molecule has 0 aliphatic carbocycles. The minimum Gasteiger partial charge on any atom is -0.368 e. The first kappa shape index (κ1) is 42.5. The van der Waals surface area contributed by atoms with Crippen LogP contribution in [0.5, 0.6) is 0 Å². The zero-order valence-corrected chi connectivity index (χ0v) is 34.7. The number of nitrogen functional groups attached to an aromatic ring is 1. The predicted octanol–water partition coefficient (Wildman–Crippen LogP) is 8.93. The molecule has 11 nitrogen and oxygen atoms in total. The summed E-state index contributed by atoms with van der Waals surface area (Å²) in [5.41, 5.74) is 1.38. The summed E-state index contributed by atoms with van der Waals surface area (Å²) in [7, 11) is -6.34. The van der Waals surface area contributed by atoms with Gasteiger partial charge in [0.2, 0.25) is 5.95 Å². The van der Waals surface area contributed by atoms with Crippen LogP contribution in [0, 0.1) is 0 Å². The molecule has 324 valence electrons. The molecule has 0 unspecified atom stereocenters. The molecule has 0 radical (unpaired) electrons. The van der Waals surface area contributed by atoms with Crippen molar-refractivity contribution in [2.45, 2.75) is 41.3 Å². The first-order valence-electron chi connectivity index (χ1n) is 20.3. The van der Waals surface area contributed by atoms with Crippen molar-refractivity contribution in [2.24, 2.45) is 0 Å². The van der Waals surface area contributed by atoms with E-state index in [0.717, 1.165) is 16.7 Å². The Morgan fingerprint density at radius 3 is 1.41 bits per heavy atom. The van der Waals surface area contributed by atoms with E-state index >= 15 is 0 Å². The molecular weight excluding hydrogens is 844 g/mol. The summed E-state index contributed by atoms with van der Waals surface area (Å²) in [5, 5.41) is 0. The van der Waals surface area contributed by atoms with Crippen LogP contribution >= 0.6 is 0 Å². The van der Waals surface area contributed by atoms with Gasteiger partial charge in [0.25, 0.3) is 0 Å². The molecule has 1 fully saturated rings. The molecule has 3 heterocycles. The largest absolute Gasteiger partial charge is 0.523 e. The highest BCUT2D eigenvalue weighted by Gasteiger charge is 2.58. The van der Waals surface area contributed by atoms with Crippen LogP contribution in [-0.2, 0) is 39.7 Å². The fraction of sp³-hybridized carbons (Fsp3) is 0.163. The zero-order chi connectivity index (χ0) is 44.4. The number of ether oxygens (including phenoxy) is 3. The number of aromatic nitrogens is 4. The highest BCUT2D eigenvalue weighted by atomic mass is 32.2. The molecule has 9 rings (SSSR count). The van der Waals surface area contributed by atoms with Gasteiger partial charge >= 0.3 is 15.6 Å². The first-order chi connectivity index (χ1) is 31.0. The lowest BCUT2D eigenvalue weighted by Crippen LogP contribution is -2.48. The number of hydrogen-bond donors (Lipinski definition) is 1. The van der Waals surface area contributed by atoms with Crippen LogP contribution in [0.1, 0.15) is 39.6 Å². The minimum absolute atomic E-state index is 0.0449. The average molecular weight is 884 g/mol. The highest BCUT2D eigenvalue weighted by molar-refractivity contribution is 7.87. The topological polar surface area (TPSA) is 141 Å². The van der Waals surface area contributed by atoms with Crippen LogP contribution in [0.3, 0.4) is 0 Å². The molecule has 0 bridgehead atoms. The van der Waals surface area contributed by atoms with Gasteiger partial charge in [0.1, 0.15) is 28.9 Å². The van der Waals surface area contributed by atoms with E-state index in [1.165, 1.54) is 17.1 Å². The van der Waals surface area contributed by atoms with Gasteiger partial charge in [-0.2, -0.15) is 26.6 Å². The van der Waals surface area contributed by atoms with Gasteiger partial charge in [-0.3, -0.25) is 8.75 Å². The molecule has 1 aliphatic heterocycles. The third kappa shape index (κ3) is 7.81. The Bertz CT molecular complexity index is 2720. The second-order valence-electron chi connectivity index (χ2n) is 15.1. The monoisotopic (exact) mass is 883 g/mol. The first-order valence-corrected chi connectivity index (χ1v) is 21.7. The summed E-state index contributed by atoms with van der Waals surface area (Å²) in [5.74, 6) is -0.171. The van der Waals surface area contributed by atoms with E-state index in [9.17, 15) is 21.6 Å². The Balaban J connectivity index is 1.28. The SMILES string of the molecule is Nc1ncc2ncn([C@@H]3O[C@H](COC(c4ccccc4)(c4ccccc4)c4ccccc4)[C@@H](OC(c4ccccc4)(c4ccccc4)c4ccccc4)[C@H]3OS(=O)(=O)C(F)(F)F)c2n1. The van der Waals surface area contributed by atoms with E-state index in [0.29, 0.717) is 16.7 Å². The lowest BCUT2D eigenvalue weighted by atomic mass is 9.79. The van der Waals surface area contributed by atoms with Gasteiger partial charge in [-0.25, -0.2) is 9.97 Å². The molecule has 4 atom stereocenters. The highest BCUT2D eigenvalue weighted by Crippen LogP contribution is 2.48. The standard InChI is InChI=1S/C49H40F3N5O6S/c50-49(51,52)64(58,59)63-43-42(62-48(37-25-13-4-14-26-37,38-27-15-5-16-28-38)39-29-17-6-18-30-39)41(61-45(43)57-33-55-40-31-54-46(53)56-44(40)57)32-60-47(34-19-7-1-8-20-34,35-21-9-2-10-22-35)36-23-11-3-12-24-36/h1-31,33,41-43,45H,32H2,(H2,53,54,56)/t41-,42-,43-,45-/m1/s1. The molecule has 0 saturated carbocycles. The quantitative estimate of drug-likeness (QED) is 0.0640. The normalized spacial score (nSPS) is 18.3. The van der Waals surface area contributed by atoms with Gasteiger partial charge in [0.05, 0.1) is 19.1 Å². The molecule has 2 aromatic heterocycles. The summed E-state index contributed by atoms with van der Waals surface area (Å²) >= 11 is 0. The van der Waals surface area contributed by atoms with Crippen molar-refractivity contribution in [1.82, 2.24) is 19.5 Å². The zero-order valence-electron chi connectivity index (χ0n) is 33.8. The van der Waals surface area contributed by atoms with Crippen molar-refractivity contribution < 1.29 is 40.0 Å². The smallest absolute Gasteiger partial charge is 0.368 e. The van der Waals surface area contributed by atoms with E-state index in [1.807, 2.05) is 182 Å². The van der Waals surface area contributed by atoms with E-state index in [2.05, 4.69) is 15.0 Å². The van der Waals surface area contributed by atoms with E-state index in [4.69, 9.17) is 24.1 Å². The lowest BCUT2D eigenvalue weighted by Gasteiger charge is -2.41. The molecule has 0 spiro atoms. The van der Waals surface area contributed by atoms with Crippen molar-refractivity contribution in [3.8, 4) is 0 Å². The Hall–Kier alpha value is -6.75. The predicted molar refractivity (Wildman–Crippen MR) is 233 cm³/mol. The van der Waals surface area contributed by atoms with E-state index < -0.39 is 51.4 Å². The second kappa shape index (κ2) is 17.4. The number of hydrogen-bond acceptors (Lipinski definition) is 10. The minimum atomic E-state index is -6.34. The molecule has 64 heavy (non-hydrogen) atoms. The van der Waals surface area contributed by atoms with Crippen LogP contribution in [-0.4, -0.2) is 58.4 Å². The van der Waals surface area contributed by atoms with Gasteiger partial charge in [-0.05, 0) is 33.4 Å². The molecule has 6 aromatic carbocycles. The lowest BCUT2D eigenvalue weighted by molar-refractivity contribution is -0.131. The van der Waals surface area contributed by atoms with Crippen molar-refractivity contribution >= 4 is 27.2 Å². The second-order valence-corrected chi connectivity index (χ2v) is 16.6. The number of fused-ring (bicyclic) bond motifs is 1. The number of rotatable bonds is 14. The van der Waals surface area contributed by atoms with Crippen molar-refractivity contribution in [3.63, 3.8) is 0 Å². The molecule has 2 N–H and O–H groups in total. The average Bonchev–Trinajstić information content (AvgIpc) is 3.89. The number of benzene rings is 6.